The molecule has 14 heavy (non-hydrogen) atoms. The summed E-state index contributed by atoms with van der Waals surface area (Å²) in [7, 11) is 2.11. The Morgan fingerprint density at radius 2 is 2.21 bits per heavy atom. The molecule has 0 spiro atoms. The number of rotatable bonds is 0. The number of hydrogen-bond acceptors (Lipinski definition) is 3. The molecule has 0 fully saturated rings. The average Bonchev–Trinajstić information content (AvgIpc) is 2.65. The Bertz CT molecular complexity index is 500. The lowest BCUT2D eigenvalue weighted by Gasteiger charge is -2.02. The maximum atomic E-state index is 4.45. The van der Waals surface area contributed by atoms with Gasteiger partial charge in [-0.25, -0.2) is 9.50 Å². The molecule has 1 aliphatic rings. The molecule has 3 rings (SSSR count). The van der Waals surface area contributed by atoms with Crippen LogP contribution in [0.4, 0.5) is 0 Å². The standard InChI is InChI=1S/C10H12N4/c1-7-3-10-11-4-8-5-13(2)6-9(8)14(10)12-7/h3-4H,5-6H2,1-2H3. The van der Waals surface area contributed by atoms with E-state index in [1.54, 1.807) is 0 Å². The van der Waals surface area contributed by atoms with Crippen LogP contribution in [0.25, 0.3) is 5.65 Å². The van der Waals surface area contributed by atoms with Crippen molar-refractivity contribution < 1.29 is 0 Å². The smallest absolute Gasteiger partial charge is 0.155 e. The van der Waals surface area contributed by atoms with Gasteiger partial charge < -0.3 is 0 Å². The molecule has 0 N–H and O–H groups in total. The van der Waals surface area contributed by atoms with Gasteiger partial charge in [-0.3, -0.25) is 4.90 Å². The second-order valence-electron chi connectivity index (χ2n) is 3.96. The van der Waals surface area contributed by atoms with Gasteiger partial charge in [0.2, 0.25) is 0 Å². The highest BCUT2D eigenvalue weighted by molar-refractivity contribution is 5.42. The first-order valence-electron chi connectivity index (χ1n) is 4.76. The summed E-state index contributed by atoms with van der Waals surface area (Å²) in [5.74, 6) is 0. The highest BCUT2D eigenvalue weighted by Crippen LogP contribution is 2.21. The minimum absolute atomic E-state index is 0.955. The van der Waals surface area contributed by atoms with Crippen molar-refractivity contribution in [1.29, 1.82) is 0 Å². The van der Waals surface area contributed by atoms with E-state index >= 15 is 0 Å². The molecule has 0 unspecified atom stereocenters. The van der Waals surface area contributed by atoms with Crippen LogP contribution in [0.5, 0.6) is 0 Å². The Hall–Kier alpha value is -1.42. The minimum atomic E-state index is 0.955. The summed E-state index contributed by atoms with van der Waals surface area (Å²) >= 11 is 0. The van der Waals surface area contributed by atoms with Gasteiger partial charge in [0.05, 0.1) is 11.4 Å². The molecule has 0 saturated heterocycles. The monoisotopic (exact) mass is 188 g/mol. The maximum absolute atomic E-state index is 4.45. The van der Waals surface area contributed by atoms with E-state index in [0.717, 1.165) is 24.4 Å². The lowest BCUT2D eigenvalue weighted by atomic mass is 10.3. The second-order valence-corrected chi connectivity index (χ2v) is 3.96. The van der Waals surface area contributed by atoms with Crippen LogP contribution in [0, 0.1) is 6.92 Å². The summed E-state index contributed by atoms with van der Waals surface area (Å²) in [4.78, 5) is 6.65. The first kappa shape index (κ1) is 7.94. The van der Waals surface area contributed by atoms with Crippen LogP contribution in [0.1, 0.15) is 17.0 Å². The van der Waals surface area contributed by atoms with Gasteiger partial charge in [0.15, 0.2) is 5.65 Å². The fourth-order valence-electron chi connectivity index (χ4n) is 2.03. The SMILES string of the molecule is Cc1cc2ncc3c(n2n1)CN(C)C3. The van der Waals surface area contributed by atoms with Crippen molar-refractivity contribution in [2.75, 3.05) is 7.05 Å². The number of fused-ring (bicyclic) bond motifs is 3. The Balaban J connectivity index is 2.32. The second kappa shape index (κ2) is 2.54. The van der Waals surface area contributed by atoms with Gasteiger partial charge >= 0.3 is 0 Å². The Labute approximate surface area is 82.2 Å². The lowest BCUT2D eigenvalue weighted by Crippen LogP contribution is -2.08. The molecule has 0 amide bonds. The molecule has 0 radical (unpaired) electrons. The Morgan fingerprint density at radius 1 is 1.36 bits per heavy atom. The van der Waals surface area contributed by atoms with Crippen molar-refractivity contribution in [2.24, 2.45) is 0 Å². The number of aromatic nitrogens is 3. The van der Waals surface area contributed by atoms with Gasteiger partial charge in [-0.15, -0.1) is 0 Å². The van der Waals surface area contributed by atoms with Crippen LogP contribution in [-0.4, -0.2) is 26.5 Å². The number of aryl methyl sites for hydroxylation is 1. The molecule has 4 heteroatoms. The molecule has 0 atom stereocenters. The summed E-state index contributed by atoms with van der Waals surface area (Å²) < 4.78 is 1.97. The molecular weight excluding hydrogens is 176 g/mol. The topological polar surface area (TPSA) is 33.4 Å². The maximum Gasteiger partial charge on any atom is 0.155 e. The predicted molar refractivity (Wildman–Crippen MR) is 52.9 cm³/mol. The van der Waals surface area contributed by atoms with Gasteiger partial charge in [-0.1, -0.05) is 0 Å². The fraction of sp³-hybridized carbons (Fsp3) is 0.400. The normalized spacial score (nSPS) is 16.4. The van der Waals surface area contributed by atoms with Crippen molar-refractivity contribution in [3.05, 3.63) is 29.2 Å². The first-order valence-corrected chi connectivity index (χ1v) is 4.76. The third-order valence-corrected chi connectivity index (χ3v) is 2.65. The van der Waals surface area contributed by atoms with Gasteiger partial charge in [-0.05, 0) is 14.0 Å². The average molecular weight is 188 g/mol. The largest absolute Gasteiger partial charge is 0.296 e. The van der Waals surface area contributed by atoms with E-state index in [-0.39, 0.29) is 0 Å². The van der Waals surface area contributed by atoms with Gasteiger partial charge in [0.25, 0.3) is 0 Å². The summed E-state index contributed by atoms with van der Waals surface area (Å²) in [6, 6.07) is 2.01. The van der Waals surface area contributed by atoms with Crippen molar-refractivity contribution in [2.45, 2.75) is 20.0 Å². The van der Waals surface area contributed by atoms with Crippen molar-refractivity contribution in [3.63, 3.8) is 0 Å². The van der Waals surface area contributed by atoms with Crippen LogP contribution in [0.2, 0.25) is 0 Å². The van der Waals surface area contributed by atoms with E-state index in [1.807, 2.05) is 23.7 Å². The first-order chi connectivity index (χ1) is 6.74. The molecule has 72 valence electrons. The Kier molecular flexibility index (Phi) is 1.44. The highest BCUT2D eigenvalue weighted by atomic mass is 15.3. The van der Waals surface area contributed by atoms with E-state index < -0.39 is 0 Å². The van der Waals surface area contributed by atoms with E-state index in [1.165, 1.54) is 11.3 Å². The third kappa shape index (κ3) is 0.974. The number of nitrogens with zero attached hydrogens (tertiary/aromatic N) is 4. The fourth-order valence-corrected chi connectivity index (χ4v) is 2.03. The zero-order valence-corrected chi connectivity index (χ0v) is 8.36. The van der Waals surface area contributed by atoms with Gasteiger partial charge in [-0.2, -0.15) is 5.10 Å². The number of hydrogen-bond donors (Lipinski definition) is 0. The van der Waals surface area contributed by atoms with E-state index in [0.29, 0.717) is 0 Å². The summed E-state index contributed by atoms with van der Waals surface area (Å²) in [6.07, 6.45) is 1.97. The molecule has 3 heterocycles. The molecule has 1 aliphatic heterocycles. The predicted octanol–water partition coefficient (Wildman–Crippen LogP) is 0.983. The molecular formula is C10H12N4. The van der Waals surface area contributed by atoms with Crippen LogP contribution < -0.4 is 0 Å². The quantitative estimate of drug-likeness (QED) is 0.618. The van der Waals surface area contributed by atoms with Crippen LogP contribution in [-0.2, 0) is 13.1 Å². The van der Waals surface area contributed by atoms with E-state index in [9.17, 15) is 0 Å². The zero-order valence-electron chi connectivity index (χ0n) is 8.36. The van der Waals surface area contributed by atoms with Crippen LogP contribution in [0.3, 0.4) is 0 Å². The molecule has 0 aromatic carbocycles. The molecule has 2 aromatic heterocycles. The third-order valence-electron chi connectivity index (χ3n) is 2.65. The van der Waals surface area contributed by atoms with Crippen molar-refractivity contribution >= 4 is 5.65 Å². The minimum Gasteiger partial charge on any atom is -0.296 e. The van der Waals surface area contributed by atoms with Crippen molar-refractivity contribution in [1.82, 2.24) is 19.5 Å². The summed E-state index contributed by atoms with van der Waals surface area (Å²) in [5.41, 5.74) is 4.56. The molecule has 0 bridgehead atoms. The lowest BCUT2D eigenvalue weighted by molar-refractivity contribution is 0.349. The van der Waals surface area contributed by atoms with Crippen LogP contribution in [0.15, 0.2) is 12.3 Å². The van der Waals surface area contributed by atoms with Crippen molar-refractivity contribution in [3.8, 4) is 0 Å². The van der Waals surface area contributed by atoms with Gasteiger partial charge in [0.1, 0.15) is 0 Å². The molecule has 2 aromatic rings. The molecule has 4 nitrogen and oxygen atoms in total. The van der Waals surface area contributed by atoms with Crippen LogP contribution >= 0.6 is 0 Å². The molecule has 0 aliphatic carbocycles. The van der Waals surface area contributed by atoms with E-state index in [2.05, 4.69) is 22.0 Å². The summed E-state index contributed by atoms with van der Waals surface area (Å²) in [5, 5.41) is 4.45. The molecule has 0 saturated carbocycles. The highest BCUT2D eigenvalue weighted by Gasteiger charge is 2.19. The van der Waals surface area contributed by atoms with E-state index in [4.69, 9.17) is 0 Å². The van der Waals surface area contributed by atoms with Gasteiger partial charge in [0, 0.05) is 30.9 Å². The summed E-state index contributed by atoms with van der Waals surface area (Å²) in [6.45, 7) is 3.95. The zero-order chi connectivity index (χ0) is 9.71. The Morgan fingerprint density at radius 3 is 3.07 bits per heavy atom.